The van der Waals surface area contributed by atoms with Gasteiger partial charge in [-0.1, -0.05) is 11.6 Å². The average Bonchev–Trinajstić information content (AvgIpc) is 2.71. The summed E-state index contributed by atoms with van der Waals surface area (Å²) in [4.78, 5) is 8.00. The number of rotatable bonds is 6. The summed E-state index contributed by atoms with van der Waals surface area (Å²) in [5, 5.41) is 13.0. The average molecular weight is 307 g/mol. The van der Waals surface area contributed by atoms with Gasteiger partial charge in [-0.25, -0.2) is 4.98 Å². The Labute approximate surface area is 119 Å². The summed E-state index contributed by atoms with van der Waals surface area (Å²) < 4.78 is 11.9. The summed E-state index contributed by atoms with van der Waals surface area (Å²) in [5.41, 5.74) is 0.991. The van der Waals surface area contributed by atoms with Gasteiger partial charge in [0, 0.05) is 0 Å². The van der Waals surface area contributed by atoms with Crippen LogP contribution in [0.5, 0.6) is 5.88 Å². The van der Waals surface area contributed by atoms with Crippen LogP contribution in [0.4, 0.5) is 0 Å². The zero-order chi connectivity index (χ0) is 13.8. The van der Waals surface area contributed by atoms with E-state index < -0.39 is 0 Å². The number of fused-ring (bicyclic) bond motifs is 1. The number of halogens is 2. The highest BCUT2D eigenvalue weighted by atomic mass is 35.5. The zero-order valence-corrected chi connectivity index (χ0v) is 11.6. The van der Waals surface area contributed by atoms with Gasteiger partial charge in [0.15, 0.2) is 10.7 Å². The SMILES string of the molecule is COc1nc(Cl)nc2c(Cl)nn(CCOCCO)c12. The molecule has 0 saturated heterocycles. The van der Waals surface area contributed by atoms with Crippen LogP contribution in [0.25, 0.3) is 11.0 Å². The van der Waals surface area contributed by atoms with Crippen molar-refractivity contribution in [2.45, 2.75) is 6.54 Å². The van der Waals surface area contributed by atoms with Crippen LogP contribution in [-0.4, -0.2) is 51.8 Å². The fourth-order valence-electron chi connectivity index (χ4n) is 1.61. The molecule has 0 radical (unpaired) electrons. The van der Waals surface area contributed by atoms with Crippen LogP contribution in [0.3, 0.4) is 0 Å². The van der Waals surface area contributed by atoms with Crippen molar-refractivity contribution in [3.63, 3.8) is 0 Å². The quantitative estimate of drug-likeness (QED) is 0.637. The summed E-state index contributed by atoms with van der Waals surface area (Å²) in [7, 11) is 1.48. The number of aromatic nitrogens is 4. The number of hydrogen-bond acceptors (Lipinski definition) is 6. The van der Waals surface area contributed by atoms with Crippen LogP contribution in [-0.2, 0) is 11.3 Å². The van der Waals surface area contributed by atoms with Gasteiger partial charge in [-0.15, -0.1) is 0 Å². The van der Waals surface area contributed by atoms with E-state index >= 15 is 0 Å². The Balaban J connectivity index is 2.33. The van der Waals surface area contributed by atoms with E-state index in [0.717, 1.165) is 0 Å². The summed E-state index contributed by atoms with van der Waals surface area (Å²) >= 11 is 11.8. The second-order valence-corrected chi connectivity index (χ2v) is 4.25. The first kappa shape index (κ1) is 14.3. The maximum absolute atomic E-state index is 8.63. The first-order chi connectivity index (χ1) is 9.17. The van der Waals surface area contributed by atoms with Gasteiger partial charge in [-0.2, -0.15) is 10.1 Å². The molecular weight excluding hydrogens is 295 g/mol. The molecule has 0 saturated carbocycles. The number of hydrogen-bond donors (Lipinski definition) is 1. The molecule has 2 aromatic heterocycles. The standard InChI is InChI=1S/C10H12Cl2N4O3/c1-18-9-7-6(13-10(12)14-9)8(11)15-16(7)2-4-19-5-3-17/h17H,2-5H2,1H3. The number of ether oxygens (including phenoxy) is 2. The van der Waals surface area contributed by atoms with E-state index in [2.05, 4.69) is 15.1 Å². The van der Waals surface area contributed by atoms with Crippen molar-refractivity contribution in [2.75, 3.05) is 26.9 Å². The van der Waals surface area contributed by atoms with Crippen molar-refractivity contribution in [1.29, 1.82) is 0 Å². The predicted octanol–water partition coefficient (Wildman–Crippen LogP) is 1.15. The highest BCUT2D eigenvalue weighted by molar-refractivity contribution is 6.34. The van der Waals surface area contributed by atoms with Crippen LogP contribution >= 0.6 is 23.2 Å². The number of nitrogens with zero attached hydrogens (tertiary/aromatic N) is 4. The lowest BCUT2D eigenvalue weighted by molar-refractivity contribution is 0.0859. The summed E-state index contributed by atoms with van der Waals surface area (Å²) in [6.45, 7) is 1.05. The Morgan fingerprint density at radius 3 is 2.74 bits per heavy atom. The largest absolute Gasteiger partial charge is 0.479 e. The van der Waals surface area contributed by atoms with Gasteiger partial charge in [-0.3, -0.25) is 4.68 Å². The second kappa shape index (κ2) is 6.33. The molecule has 2 heterocycles. The third-order valence-corrected chi connectivity index (χ3v) is 2.79. The van der Waals surface area contributed by atoms with Crippen molar-refractivity contribution < 1.29 is 14.6 Å². The Bertz CT molecular complexity index is 575. The lowest BCUT2D eigenvalue weighted by atomic mass is 10.4. The van der Waals surface area contributed by atoms with Gasteiger partial charge in [0.2, 0.25) is 11.2 Å². The summed E-state index contributed by atoms with van der Waals surface area (Å²) in [6.07, 6.45) is 0. The van der Waals surface area contributed by atoms with Crippen LogP contribution < -0.4 is 4.74 Å². The predicted molar refractivity (Wildman–Crippen MR) is 69.8 cm³/mol. The third-order valence-electron chi connectivity index (χ3n) is 2.36. The fourth-order valence-corrected chi connectivity index (χ4v) is 1.99. The van der Waals surface area contributed by atoms with Gasteiger partial charge in [0.25, 0.3) is 0 Å². The molecule has 2 aromatic rings. The first-order valence-corrected chi connectivity index (χ1v) is 6.25. The monoisotopic (exact) mass is 306 g/mol. The minimum atomic E-state index is -0.0251. The molecule has 0 aliphatic carbocycles. The van der Waals surface area contributed by atoms with E-state index in [1.807, 2.05) is 0 Å². The fraction of sp³-hybridized carbons (Fsp3) is 0.500. The van der Waals surface area contributed by atoms with Crippen molar-refractivity contribution in [2.24, 2.45) is 0 Å². The highest BCUT2D eigenvalue weighted by Crippen LogP contribution is 2.28. The van der Waals surface area contributed by atoms with E-state index in [0.29, 0.717) is 30.1 Å². The first-order valence-electron chi connectivity index (χ1n) is 5.49. The smallest absolute Gasteiger partial charge is 0.244 e. The lowest BCUT2D eigenvalue weighted by Crippen LogP contribution is -2.10. The Morgan fingerprint density at radius 2 is 2.05 bits per heavy atom. The molecule has 104 valence electrons. The van der Waals surface area contributed by atoms with Crippen LogP contribution in [0.2, 0.25) is 10.4 Å². The van der Waals surface area contributed by atoms with E-state index in [1.54, 1.807) is 4.68 Å². The molecule has 0 amide bonds. The van der Waals surface area contributed by atoms with Gasteiger partial charge < -0.3 is 14.6 Å². The maximum Gasteiger partial charge on any atom is 0.244 e. The molecule has 0 fully saturated rings. The van der Waals surface area contributed by atoms with E-state index in [-0.39, 0.29) is 23.7 Å². The number of aliphatic hydroxyl groups excluding tert-OH is 1. The topological polar surface area (TPSA) is 82.3 Å². The van der Waals surface area contributed by atoms with Gasteiger partial charge in [0.05, 0.1) is 33.5 Å². The molecule has 7 nitrogen and oxygen atoms in total. The highest BCUT2D eigenvalue weighted by Gasteiger charge is 2.17. The van der Waals surface area contributed by atoms with Crippen LogP contribution in [0.15, 0.2) is 0 Å². The molecule has 0 unspecified atom stereocenters. The molecule has 0 aromatic carbocycles. The molecule has 2 rings (SSSR count). The van der Waals surface area contributed by atoms with Crippen molar-refractivity contribution in [1.82, 2.24) is 19.7 Å². The molecule has 9 heteroatoms. The van der Waals surface area contributed by atoms with Crippen LogP contribution in [0.1, 0.15) is 0 Å². The van der Waals surface area contributed by atoms with Crippen molar-refractivity contribution >= 4 is 34.2 Å². The second-order valence-electron chi connectivity index (χ2n) is 3.55. The summed E-state index contributed by atoms with van der Waals surface area (Å²) in [6, 6.07) is 0. The molecule has 0 aliphatic rings. The number of aliphatic hydroxyl groups is 1. The molecule has 0 aliphatic heterocycles. The Hall–Kier alpha value is -1.15. The van der Waals surface area contributed by atoms with Crippen molar-refractivity contribution in [3.8, 4) is 5.88 Å². The zero-order valence-electron chi connectivity index (χ0n) is 10.1. The maximum atomic E-state index is 8.63. The normalized spacial score (nSPS) is 11.2. The van der Waals surface area contributed by atoms with Gasteiger partial charge in [0.1, 0.15) is 5.52 Å². The summed E-state index contributed by atoms with van der Waals surface area (Å²) in [5.74, 6) is 0.302. The third kappa shape index (κ3) is 3.06. The van der Waals surface area contributed by atoms with Crippen LogP contribution in [0, 0.1) is 0 Å². The minimum Gasteiger partial charge on any atom is -0.479 e. The van der Waals surface area contributed by atoms with E-state index in [4.69, 9.17) is 37.8 Å². The molecule has 0 atom stereocenters. The Morgan fingerprint density at radius 1 is 1.26 bits per heavy atom. The number of methoxy groups -OCH3 is 1. The lowest BCUT2D eigenvalue weighted by Gasteiger charge is -2.06. The minimum absolute atomic E-state index is 0.0251. The van der Waals surface area contributed by atoms with E-state index in [1.165, 1.54) is 7.11 Å². The van der Waals surface area contributed by atoms with Gasteiger partial charge in [-0.05, 0) is 11.6 Å². The molecule has 1 N–H and O–H groups in total. The Kier molecular flexibility index (Phi) is 4.76. The molecule has 19 heavy (non-hydrogen) atoms. The molecule has 0 bridgehead atoms. The van der Waals surface area contributed by atoms with E-state index in [9.17, 15) is 0 Å². The van der Waals surface area contributed by atoms with Gasteiger partial charge >= 0.3 is 0 Å². The molecule has 0 spiro atoms. The van der Waals surface area contributed by atoms with Crippen molar-refractivity contribution in [3.05, 3.63) is 10.4 Å². The molecular formula is C10H12Cl2N4O3.